The van der Waals surface area contributed by atoms with Crippen LogP contribution in [0.15, 0.2) is 16.0 Å². The molecule has 0 aromatic carbocycles. The van der Waals surface area contributed by atoms with Crippen molar-refractivity contribution in [1.29, 1.82) is 0 Å². The summed E-state index contributed by atoms with van der Waals surface area (Å²) in [7, 11) is 3.59. The summed E-state index contributed by atoms with van der Waals surface area (Å²) in [5, 5.41) is 6.29. The van der Waals surface area contributed by atoms with Gasteiger partial charge in [-0.2, -0.15) is 4.47 Å². The quantitative estimate of drug-likeness (QED) is 0.561. The molecule has 0 radical (unpaired) electrons. The van der Waals surface area contributed by atoms with Gasteiger partial charge in [-0.05, 0) is 16.1 Å². The van der Waals surface area contributed by atoms with Crippen LogP contribution < -0.4 is 5.32 Å². The minimum atomic E-state index is -0.157. The Bertz CT molecular complexity index is 222. The molecule has 1 aliphatic rings. The van der Waals surface area contributed by atoms with Crippen LogP contribution in [0.5, 0.6) is 0 Å². The van der Waals surface area contributed by atoms with E-state index in [1.165, 1.54) is 6.08 Å². The maximum absolute atomic E-state index is 10.6. The van der Waals surface area contributed by atoms with E-state index in [2.05, 4.69) is 9.79 Å². The Morgan fingerprint density at radius 3 is 2.91 bits per heavy atom. The third-order valence-corrected chi connectivity index (χ3v) is 2.47. The van der Waals surface area contributed by atoms with Crippen molar-refractivity contribution in [2.24, 2.45) is 4.47 Å². The van der Waals surface area contributed by atoms with Crippen LogP contribution in [-0.2, 0) is 15.5 Å². The largest absolute Gasteiger partial charge is 0.342 e. The molecule has 1 N–H and O–H groups in total. The molecule has 0 aliphatic carbocycles. The zero-order valence-electron chi connectivity index (χ0n) is 6.57. The van der Waals surface area contributed by atoms with Crippen LogP contribution in [-0.4, -0.2) is 30.9 Å². The van der Waals surface area contributed by atoms with Gasteiger partial charge in [-0.15, -0.1) is 0 Å². The van der Waals surface area contributed by atoms with Gasteiger partial charge in [0.25, 0.3) is 0 Å². The summed E-state index contributed by atoms with van der Waals surface area (Å²) in [6.45, 7) is 0. The first-order valence-electron chi connectivity index (χ1n) is 3.23. The van der Waals surface area contributed by atoms with Gasteiger partial charge in [0, 0.05) is 20.2 Å². The fourth-order valence-electron chi connectivity index (χ4n) is 0.658. The van der Waals surface area contributed by atoms with Crippen molar-refractivity contribution < 1.29 is 4.79 Å². The van der Waals surface area contributed by atoms with Gasteiger partial charge in [0.15, 0.2) is 0 Å². The van der Waals surface area contributed by atoms with Gasteiger partial charge in [-0.1, -0.05) is 0 Å². The molecular formula is C6H11N3OS. The van der Waals surface area contributed by atoms with Gasteiger partial charge in [0.05, 0.1) is 5.88 Å². The lowest BCUT2D eigenvalue weighted by atomic mass is 10.6. The third-order valence-electron chi connectivity index (χ3n) is 1.04. The first-order valence-corrected chi connectivity index (χ1v) is 4.64. The molecule has 0 fully saturated rings. The van der Waals surface area contributed by atoms with Crippen LogP contribution in [0.3, 0.4) is 0 Å². The van der Waals surface area contributed by atoms with E-state index < -0.39 is 0 Å². The highest BCUT2D eigenvalue weighted by Gasteiger charge is 2.03. The lowest BCUT2D eigenvalue weighted by Crippen LogP contribution is -2.28. The highest BCUT2D eigenvalue weighted by atomic mass is 32.2. The van der Waals surface area contributed by atoms with Gasteiger partial charge in [-0.3, -0.25) is 4.79 Å². The van der Waals surface area contributed by atoms with Gasteiger partial charge in [-0.25, -0.2) is 5.01 Å². The molecule has 0 aromatic heterocycles. The summed E-state index contributed by atoms with van der Waals surface area (Å²) >= 11 is 0. The number of hydrogen-bond donors (Lipinski definition) is 1. The molecule has 11 heavy (non-hydrogen) atoms. The Kier molecular flexibility index (Phi) is 2.78. The van der Waals surface area contributed by atoms with E-state index in [9.17, 15) is 4.79 Å². The maximum Gasteiger partial charge on any atom is 0.245 e. The van der Waals surface area contributed by atoms with E-state index >= 15 is 0 Å². The highest BCUT2D eigenvalue weighted by Crippen LogP contribution is 1.96. The molecule has 1 unspecified atom stereocenters. The van der Waals surface area contributed by atoms with Crippen LogP contribution in [0.4, 0.5) is 0 Å². The summed E-state index contributed by atoms with van der Waals surface area (Å²) in [6, 6.07) is 0. The third kappa shape index (κ3) is 2.81. The Hall–Kier alpha value is -0.680. The predicted octanol–water partition coefficient (Wildman–Crippen LogP) is -0.134. The lowest BCUT2D eigenvalue weighted by molar-refractivity contribution is -0.116. The SMILES string of the molecule is CN(C)/N=S1\C=CC(=O)NC1. The topological polar surface area (TPSA) is 44.7 Å². The summed E-state index contributed by atoms with van der Waals surface area (Å²) in [6.07, 6.45) is 1.53. The molecule has 62 valence electrons. The highest BCUT2D eigenvalue weighted by molar-refractivity contribution is 7.90. The maximum atomic E-state index is 10.6. The summed E-state index contributed by atoms with van der Waals surface area (Å²) < 4.78 is 4.23. The number of nitrogens with zero attached hydrogens (tertiary/aromatic N) is 2. The summed E-state index contributed by atoms with van der Waals surface area (Å²) in [5.41, 5.74) is 0. The molecule has 0 bridgehead atoms. The monoisotopic (exact) mass is 173 g/mol. The fraction of sp³-hybridized carbons (Fsp3) is 0.500. The Labute approximate surface area is 68.3 Å². The molecule has 0 saturated heterocycles. The molecule has 1 atom stereocenters. The van der Waals surface area contributed by atoms with Gasteiger partial charge >= 0.3 is 0 Å². The number of amides is 1. The molecule has 1 amide bonds. The second-order valence-corrected chi connectivity index (χ2v) is 3.84. The van der Waals surface area contributed by atoms with Crippen LogP contribution in [0, 0.1) is 0 Å². The van der Waals surface area contributed by atoms with E-state index in [-0.39, 0.29) is 16.6 Å². The standard InChI is InChI=1S/C6H11N3OS/c1-9(2)8-11-4-3-6(10)7-5-11/h3-4H,5H2,1-2H3,(H,7,10). The number of rotatable bonds is 1. The minimum absolute atomic E-state index is 0.0253. The minimum Gasteiger partial charge on any atom is -0.342 e. The first kappa shape index (κ1) is 8.42. The van der Waals surface area contributed by atoms with Gasteiger partial charge in [0.2, 0.25) is 5.91 Å². The second kappa shape index (κ2) is 3.64. The van der Waals surface area contributed by atoms with Crippen molar-refractivity contribution in [3.63, 3.8) is 0 Å². The zero-order valence-corrected chi connectivity index (χ0v) is 7.39. The van der Waals surface area contributed by atoms with E-state index in [0.717, 1.165) is 0 Å². The molecule has 0 spiro atoms. The Morgan fingerprint density at radius 1 is 1.73 bits per heavy atom. The molecule has 0 aromatic rings. The predicted molar refractivity (Wildman–Crippen MR) is 45.6 cm³/mol. The second-order valence-electron chi connectivity index (χ2n) is 2.32. The Balaban J connectivity index is 2.63. The number of hydrogen-bond acceptors (Lipinski definition) is 2. The number of nitrogens with one attached hydrogen (secondary N) is 1. The van der Waals surface area contributed by atoms with E-state index in [1.54, 1.807) is 5.01 Å². The molecule has 5 heteroatoms. The van der Waals surface area contributed by atoms with Crippen LogP contribution >= 0.6 is 0 Å². The van der Waals surface area contributed by atoms with Crippen molar-refractivity contribution in [2.75, 3.05) is 20.0 Å². The average molecular weight is 173 g/mol. The van der Waals surface area contributed by atoms with Crippen LogP contribution in [0.25, 0.3) is 0 Å². The van der Waals surface area contributed by atoms with Crippen molar-refractivity contribution in [3.8, 4) is 0 Å². The Morgan fingerprint density at radius 2 is 2.45 bits per heavy atom. The molecule has 1 aliphatic heterocycles. The van der Waals surface area contributed by atoms with E-state index in [0.29, 0.717) is 5.88 Å². The van der Waals surface area contributed by atoms with Gasteiger partial charge in [0.1, 0.15) is 0 Å². The smallest absolute Gasteiger partial charge is 0.245 e. The fourth-order valence-corrected chi connectivity index (χ4v) is 1.86. The molecule has 1 rings (SSSR count). The normalized spacial score (nSPS) is 24.3. The van der Waals surface area contributed by atoms with Crippen LogP contribution in [0.1, 0.15) is 0 Å². The van der Waals surface area contributed by atoms with Crippen molar-refractivity contribution in [1.82, 2.24) is 10.3 Å². The molecular weight excluding hydrogens is 162 g/mol. The summed E-state index contributed by atoms with van der Waals surface area (Å²) in [4.78, 5) is 10.6. The molecule has 0 saturated carbocycles. The zero-order chi connectivity index (χ0) is 8.27. The van der Waals surface area contributed by atoms with Crippen LogP contribution in [0.2, 0.25) is 0 Å². The van der Waals surface area contributed by atoms with E-state index in [1.807, 2.05) is 19.5 Å². The number of carbonyl (C=O) groups excluding carboxylic acids is 1. The molecule has 4 nitrogen and oxygen atoms in total. The van der Waals surface area contributed by atoms with Crippen molar-refractivity contribution >= 4 is 16.6 Å². The van der Waals surface area contributed by atoms with E-state index in [4.69, 9.17) is 0 Å². The van der Waals surface area contributed by atoms with Gasteiger partial charge < -0.3 is 5.32 Å². The lowest BCUT2D eigenvalue weighted by Gasteiger charge is -2.11. The first-order chi connectivity index (χ1) is 5.18. The number of carbonyl (C=O) groups is 1. The van der Waals surface area contributed by atoms with Crippen molar-refractivity contribution in [2.45, 2.75) is 0 Å². The summed E-state index contributed by atoms with van der Waals surface area (Å²) in [5.74, 6) is 0.607. The molecule has 1 heterocycles. The van der Waals surface area contributed by atoms with Crippen molar-refractivity contribution in [3.05, 3.63) is 11.5 Å². The average Bonchev–Trinajstić information content (AvgIpc) is 1.93.